The predicted octanol–water partition coefficient (Wildman–Crippen LogP) is 0.103. The van der Waals surface area contributed by atoms with Gasteiger partial charge in [0, 0.05) is 20.6 Å². The van der Waals surface area contributed by atoms with Crippen molar-refractivity contribution in [2.24, 2.45) is 0 Å². The number of aliphatic carboxylic acids is 1. The summed E-state index contributed by atoms with van der Waals surface area (Å²) in [4.78, 5) is 9.37. The maximum Gasteiger partial charge on any atom is 0.303 e. The second kappa shape index (κ2) is 17.4. The summed E-state index contributed by atoms with van der Waals surface area (Å²) < 4.78 is 4.25. The van der Waals surface area contributed by atoms with Crippen molar-refractivity contribution in [3.8, 4) is 0 Å². The third kappa shape index (κ3) is 88.4. The Bertz CT molecular complexity index is 92.5. The highest BCUT2D eigenvalue weighted by Gasteiger charge is 1.83. The molecule has 5 heteroatoms. The third-order valence-electron chi connectivity index (χ3n) is 0.567. The SMILES string of the molecule is CC(O)CO.CCC(=O)O.COC. The van der Waals surface area contributed by atoms with Crippen molar-refractivity contribution in [2.75, 3.05) is 20.8 Å². The Morgan fingerprint density at radius 1 is 1.46 bits per heavy atom. The zero-order chi connectivity index (χ0) is 11.3. The van der Waals surface area contributed by atoms with Crippen LogP contribution in [0.2, 0.25) is 0 Å². The Hall–Kier alpha value is -0.650. The lowest BCUT2D eigenvalue weighted by Crippen LogP contribution is -2.03. The smallest absolute Gasteiger partial charge is 0.303 e. The van der Waals surface area contributed by atoms with Crippen LogP contribution in [0.3, 0.4) is 0 Å². The molecule has 0 saturated carbocycles. The average molecular weight is 196 g/mol. The Kier molecular flexibility index (Phi) is 24.4. The van der Waals surface area contributed by atoms with Gasteiger partial charge in [0.05, 0.1) is 12.7 Å². The molecule has 0 saturated heterocycles. The Morgan fingerprint density at radius 3 is 1.62 bits per heavy atom. The van der Waals surface area contributed by atoms with E-state index in [1.165, 1.54) is 6.92 Å². The van der Waals surface area contributed by atoms with E-state index >= 15 is 0 Å². The summed E-state index contributed by atoms with van der Waals surface area (Å²) in [7, 11) is 3.25. The fourth-order valence-corrected chi connectivity index (χ4v) is 0. The largest absolute Gasteiger partial charge is 0.481 e. The molecular formula is C8H20O5. The number of ether oxygens (including phenoxy) is 1. The zero-order valence-electron chi connectivity index (χ0n) is 8.65. The summed E-state index contributed by atoms with van der Waals surface area (Å²) in [6.07, 6.45) is -0.338. The number of rotatable bonds is 2. The van der Waals surface area contributed by atoms with E-state index in [-0.39, 0.29) is 13.0 Å². The molecule has 1 unspecified atom stereocenters. The van der Waals surface area contributed by atoms with E-state index in [4.69, 9.17) is 15.3 Å². The molecule has 0 aromatic carbocycles. The van der Waals surface area contributed by atoms with Gasteiger partial charge in [-0.05, 0) is 6.92 Å². The van der Waals surface area contributed by atoms with Gasteiger partial charge in [-0.25, -0.2) is 0 Å². The molecule has 0 spiro atoms. The highest BCUT2D eigenvalue weighted by Crippen LogP contribution is 1.68. The number of aliphatic hydroxyl groups is 2. The predicted molar refractivity (Wildman–Crippen MR) is 49.6 cm³/mol. The Balaban J connectivity index is -0.000000120. The first-order chi connectivity index (χ1) is 5.95. The Labute approximate surface area is 79.0 Å². The molecule has 82 valence electrons. The van der Waals surface area contributed by atoms with Gasteiger partial charge in [-0.3, -0.25) is 4.79 Å². The number of hydrogen-bond acceptors (Lipinski definition) is 4. The molecule has 0 radical (unpaired) electrons. The molecule has 0 aliphatic carbocycles. The monoisotopic (exact) mass is 196 g/mol. The van der Waals surface area contributed by atoms with Crippen LogP contribution in [0.15, 0.2) is 0 Å². The standard InChI is InChI=1S/C3H8O2.C3H6O2.C2H6O/c1-3(5)2-4;1-2-3(4)5;1-3-2/h3-5H,2H2,1H3;2H2,1H3,(H,4,5);1-2H3. The fraction of sp³-hybridized carbons (Fsp3) is 0.875. The van der Waals surface area contributed by atoms with E-state index in [9.17, 15) is 4.79 Å². The number of carboxylic acid groups (broad SMARTS) is 1. The molecule has 1 atom stereocenters. The average Bonchev–Trinajstić information content (AvgIpc) is 2.07. The highest BCUT2D eigenvalue weighted by molar-refractivity contribution is 5.66. The van der Waals surface area contributed by atoms with Gasteiger partial charge < -0.3 is 20.1 Å². The first kappa shape index (κ1) is 18.2. The lowest BCUT2D eigenvalue weighted by atomic mass is 10.5. The van der Waals surface area contributed by atoms with Crippen LogP contribution in [0.1, 0.15) is 20.3 Å². The van der Waals surface area contributed by atoms with E-state index < -0.39 is 12.1 Å². The summed E-state index contributed by atoms with van der Waals surface area (Å²) >= 11 is 0. The first-order valence-corrected chi connectivity index (χ1v) is 3.86. The number of methoxy groups -OCH3 is 1. The minimum atomic E-state index is -0.745. The molecule has 5 nitrogen and oxygen atoms in total. The summed E-state index contributed by atoms with van der Waals surface area (Å²) in [6.45, 7) is 2.99. The number of hydrogen-bond donors (Lipinski definition) is 3. The fourth-order valence-electron chi connectivity index (χ4n) is 0. The molecule has 0 bridgehead atoms. The van der Waals surface area contributed by atoms with E-state index in [1.54, 1.807) is 21.1 Å². The summed E-state index contributed by atoms with van der Waals surface area (Å²) in [5.41, 5.74) is 0. The van der Waals surface area contributed by atoms with Crippen LogP contribution in [0.25, 0.3) is 0 Å². The van der Waals surface area contributed by atoms with Crippen molar-refractivity contribution in [2.45, 2.75) is 26.4 Å². The van der Waals surface area contributed by atoms with Gasteiger partial charge in [0.25, 0.3) is 0 Å². The van der Waals surface area contributed by atoms with Crippen molar-refractivity contribution in [1.29, 1.82) is 0 Å². The molecule has 3 N–H and O–H groups in total. The van der Waals surface area contributed by atoms with Crippen LogP contribution in [0, 0.1) is 0 Å². The van der Waals surface area contributed by atoms with Gasteiger partial charge in [0.1, 0.15) is 0 Å². The second-order valence-electron chi connectivity index (χ2n) is 2.19. The minimum absolute atomic E-state index is 0.139. The van der Waals surface area contributed by atoms with Gasteiger partial charge in [-0.2, -0.15) is 0 Å². The molecule has 0 aliphatic rings. The maximum atomic E-state index is 9.37. The van der Waals surface area contributed by atoms with Crippen LogP contribution in [0.4, 0.5) is 0 Å². The van der Waals surface area contributed by atoms with Crippen LogP contribution in [0.5, 0.6) is 0 Å². The normalized spacial score (nSPS) is 10.0. The molecule has 0 fully saturated rings. The van der Waals surface area contributed by atoms with Crippen LogP contribution < -0.4 is 0 Å². The first-order valence-electron chi connectivity index (χ1n) is 3.86. The van der Waals surface area contributed by atoms with Crippen molar-refractivity contribution in [1.82, 2.24) is 0 Å². The maximum absolute atomic E-state index is 9.37. The summed E-state index contributed by atoms with van der Waals surface area (Å²) in [5, 5.41) is 23.7. The number of carbonyl (C=O) groups is 1. The van der Waals surface area contributed by atoms with Gasteiger partial charge in [-0.15, -0.1) is 0 Å². The molecular weight excluding hydrogens is 176 g/mol. The van der Waals surface area contributed by atoms with Crippen molar-refractivity contribution in [3.05, 3.63) is 0 Å². The van der Waals surface area contributed by atoms with Gasteiger partial charge in [0.2, 0.25) is 0 Å². The van der Waals surface area contributed by atoms with Gasteiger partial charge in [0.15, 0.2) is 0 Å². The molecule has 0 heterocycles. The third-order valence-corrected chi connectivity index (χ3v) is 0.567. The summed E-state index contributed by atoms with van der Waals surface area (Å²) in [6, 6.07) is 0. The second-order valence-corrected chi connectivity index (χ2v) is 2.19. The zero-order valence-corrected chi connectivity index (χ0v) is 8.65. The van der Waals surface area contributed by atoms with E-state index in [0.717, 1.165) is 0 Å². The molecule has 0 aromatic heterocycles. The van der Waals surface area contributed by atoms with E-state index in [2.05, 4.69) is 4.74 Å². The van der Waals surface area contributed by atoms with Crippen molar-refractivity contribution in [3.63, 3.8) is 0 Å². The van der Waals surface area contributed by atoms with Crippen LogP contribution in [-0.2, 0) is 9.53 Å². The molecule has 0 amide bonds. The number of aliphatic hydroxyl groups excluding tert-OH is 2. The van der Waals surface area contributed by atoms with Crippen LogP contribution >= 0.6 is 0 Å². The molecule has 0 aliphatic heterocycles. The molecule has 0 rings (SSSR count). The van der Waals surface area contributed by atoms with E-state index in [0.29, 0.717) is 0 Å². The van der Waals surface area contributed by atoms with Crippen LogP contribution in [-0.4, -0.2) is 48.2 Å². The van der Waals surface area contributed by atoms with Gasteiger partial charge >= 0.3 is 5.97 Å². The summed E-state index contributed by atoms with van der Waals surface area (Å²) in [5.74, 6) is -0.745. The topological polar surface area (TPSA) is 87.0 Å². The van der Waals surface area contributed by atoms with Gasteiger partial charge in [-0.1, -0.05) is 6.92 Å². The van der Waals surface area contributed by atoms with Crippen molar-refractivity contribution < 1.29 is 24.9 Å². The van der Waals surface area contributed by atoms with E-state index in [1.807, 2.05) is 0 Å². The lowest BCUT2D eigenvalue weighted by molar-refractivity contribution is -0.136. The molecule has 0 aromatic rings. The van der Waals surface area contributed by atoms with Crippen molar-refractivity contribution >= 4 is 5.97 Å². The quantitative estimate of drug-likeness (QED) is 0.583. The number of carboxylic acids is 1. The minimum Gasteiger partial charge on any atom is -0.481 e. The highest BCUT2D eigenvalue weighted by atomic mass is 16.4. The lowest BCUT2D eigenvalue weighted by Gasteiger charge is -1.90. The molecule has 13 heavy (non-hydrogen) atoms. The Morgan fingerprint density at radius 2 is 1.62 bits per heavy atom.